The van der Waals surface area contributed by atoms with Crippen molar-refractivity contribution in [2.75, 3.05) is 12.0 Å². The summed E-state index contributed by atoms with van der Waals surface area (Å²) in [6.07, 6.45) is 0. The van der Waals surface area contributed by atoms with Crippen molar-refractivity contribution in [3.05, 3.63) is 106 Å². The first-order valence-electron chi connectivity index (χ1n) is 12.0. The summed E-state index contributed by atoms with van der Waals surface area (Å²) in [6.45, 7) is 3.73. The zero-order chi connectivity index (χ0) is 27.7. The number of aromatic nitrogens is 2. The van der Waals surface area contributed by atoms with Crippen molar-refractivity contribution < 1.29 is 23.8 Å². The van der Waals surface area contributed by atoms with E-state index >= 15 is 0 Å². The van der Waals surface area contributed by atoms with Gasteiger partial charge in [-0.1, -0.05) is 65.1 Å². The summed E-state index contributed by atoms with van der Waals surface area (Å²) in [4.78, 5) is 28.2. The molecule has 7 nitrogen and oxygen atoms in total. The predicted molar refractivity (Wildman–Crippen MR) is 150 cm³/mol. The van der Waals surface area contributed by atoms with Crippen LogP contribution in [-0.4, -0.2) is 34.1 Å². The fourth-order valence-electron chi connectivity index (χ4n) is 4.35. The molecule has 0 saturated carbocycles. The maximum atomic E-state index is 13.4. The molecule has 1 aliphatic rings. The summed E-state index contributed by atoms with van der Waals surface area (Å²) in [6, 6.07) is 17.8. The minimum absolute atomic E-state index is 0.0189. The Labute approximate surface area is 233 Å². The smallest absolute Gasteiger partial charge is 0.301 e. The van der Waals surface area contributed by atoms with Gasteiger partial charge in [0, 0.05) is 11.3 Å². The summed E-state index contributed by atoms with van der Waals surface area (Å²) >= 11 is 2.56. The van der Waals surface area contributed by atoms with Crippen LogP contribution in [0.4, 0.5) is 9.52 Å². The Morgan fingerprint density at radius 2 is 1.77 bits per heavy atom. The maximum absolute atomic E-state index is 13.4. The van der Waals surface area contributed by atoms with Gasteiger partial charge in [0.25, 0.3) is 5.78 Å². The molecule has 4 aromatic rings. The highest BCUT2D eigenvalue weighted by atomic mass is 32.2. The highest BCUT2D eigenvalue weighted by Crippen LogP contribution is 2.44. The third kappa shape index (κ3) is 5.30. The molecule has 39 heavy (non-hydrogen) atoms. The number of nitrogens with zero attached hydrogens (tertiary/aromatic N) is 3. The lowest BCUT2D eigenvalue weighted by Crippen LogP contribution is -2.29. The van der Waals surface area contributed by atoms with Gasteiger partial charge in [0.05, 0.1) is 18.7 Å². The molecule has 3 aromatic carbocycles. The van der Waals surface area contributed by atoms with Gasteiger partial charge in [-0.15, -0.1) is 10.2 Å². The molecule has 0 aliphatic carbocycles. The number of amides is 1. The molecule has 1 fully saturated rings. The van der Waals surface area contributed by atoms with Crippen LogP contribution in [0.15, 0.2) is 76.6 Å². The molecule has 0 radical (unpaired) electrons. The Morgan fingerprint density at radius 1 is 1.05 bits per heavy atom. The topological polar surface area (TPSA) is 92.6 Å². The monoisotopic (exact) mass is 561 g/mol. The van der Waals surface area contributed by atoms with E-state index in [1.165, 1.54) is 40.1 Å². The first-order valence-corrected chi connectivity index (χ1v) is 13.8. The number of halogens is 1. The van der Waals surface area contributed by atoms with Crippen molar-refractivity contribution in [3.63, 3.8) is 0 Å². The number of rotatable bonds is 7. The first kappa shape index (κ1) is 26.6. The zero-order valence-corrected chi connectivity index (χ0v) is 23.0. The number of carbonyl (C=O) groups excluding carboxylic acids is 2. The van der Waals surface area contributed by atoms with Gasteiger partial charge in [-0.2, -0.15) is 0 Å². The van der Waals surface area contributed by atoms with Crippen LogP contribution in [0.5, 0.6) is 5.75 Å². The Balaban J connectivity index is 1.56. The molecular formula is C29H24FN3O4S2. The van der Waals surface area contributed by atoms with Gasteiger partial charge in [-0.05, 0) is 60.9 Å². The molecule has 1 aliphatic heterocycles. The van der Waals surface area contributed by atoms with Crippen LogP contribution in [0, 0.1) is 19.7 Å². The lowest BCUT2D eigenvalue weighted by molar-refractivity contribution is -0.132. The molecule has 1 unspecified atom stereocenters. The molecule has 198 valence electrons. The van der Waals surface area contributed by atoms with Gasteiger partial charge in [-0.3, -0.25) is 14.5 Å². The summed E-state index contributed by atoms with van der Waals surface area (Å²) in [5, 5.41) is 20.1. The number of ether oxygens (including phenoxy) is 1. The number of hydrogen-bond donors (Lipinski definition) is 1. The fourth-order valence-corrected chi connectivity index (χ4v) is 6.17. The van der Waals surface area contributed by atoms with E-state index in [1.54, 1.807) is 49.6 Å². The van der Waals surface area contributed by atoms with Crippen LogP contribution in [-0.2, 0) is 15.3 Å². The van der Waals surface area contributed by atoms with E-state index in [1.807, 2.05) is 26.0 Å². The third-order valence-corrected chi connectivity index (χ3v) is 8.53. The number of benzene rings is 3. The second kappa shape index (κ2) is 11.0. The standard InChI is InChI=1S/C29H24FN3O4S2/c1-16-4-5-17(2)22(14-16)25(34)23-24(19-8-12-21(37-3)13-9-19)33(27(36)26(23)35)28-31-32-29(39-28)38-15-18-6-10-20(30)11-7-18/h4-14,24,34H,15H2,1-3H3/b25-23+. The predicted octanol–water partition coefficient (Wildman–Crippen LogP) is 6.22. The molecule has 1 saturated heterocycles. The van der Waals surface area contributed by atoms with E-state index in [-0.39, 0.29) is 22.3 Å². The van der Waals surface area contributed by atoms with Crippen molar-refractivity contribution in [1.29, 1.82) is 0 Å². The van der Waals surface area contributed by atoms with E-state index in [4.69, 9.17) is 4.74 Å². The van der Waals surface area contributed by atoms with Crippen molar-refractivity contribution >= 4 is 45.7 Å². The number of anilines is 1. The Kier molecular flexibility index (Phi) is 7.49. The quantitative estimate of drug-likeness (QED) is 0.0941. The molecular weight excluding hydrogens is 537 g/mol. The maximum Gasteiger partial charge on any atom is 0.301 e. The number of Topliss-reactive ketones (excluding diaryl/α,β-unsaturated/α-hetero) is 1. The number of methoxy groups -OCH3 is 1. The van der Waals surface area contributed by atoms with Gasteiger partial charge in [0.15, 0.2) is 4.34 Å². The lowest BCUT2D eigenvalue weighted by Gasteiger charge is -2.23. The number of hydrogen-bond acceptors (Lipinski definition) is 8. The van der Waals surface area contributed by atoms with E-state index in [0.717, 1.165) is 16.7 Å². The van der Waals surface area contributed by atoms with E-state index in [9.17, 15) is 19.1 Å². The van der Waals surface area contributed by atoms with E-state index < -0.39 is 17.7 Å². The minimum atomic E-state index is -0.918. The number of aliphatic hydroxyl groups is 1. The van der Waals surface area contributed by atoms with Crippen LogP contribution in [0.1, 0.15) is 33.9 Å². The van der Waals surface area contributed by atoms with Crippen molar-refractivity contribution in [2.45, 2.75) is 30.0 Å². The normalized spacial score (nSPS) is 16.6. The van der Waals surface area contributed by atoms with E-state index in [2.05, 4.69) is 10.2 Å². The van der Waals surface area contributed by atoms with Crippen LogP contribution in [0.25, 0.3) is 5.76 Å². The number of aliphatic hydroxyl groups excluding tert-OH is 1. The molecule has 10 heteroatoms. The van der Waals surface area contributed by atoms with Gasteiger partial charge in [-0.25, -0.2) is 4.39 Å². The number of aryl methyl sites for hydroxylation is 2. The zero-order valence-electron chi connectivity index (χ0n) is 21.3. The van der Waals surface area contributed by atoms with Crippen molar-refractivity contribution in [1.82, 2.24) is 10.2 Å². The molecule has 5 rings (SSSR count). The molecule has 1 atom stereocenters. The van der Waals surface area contributed by atoms with Crippen LogP contribution < -0.4 is 9.64 Å². The minimum Gasteiger partial charge on any atom is -0.507 e. The van der Waals surface area contributed by atoms with Crippen LogP contribution in [0.2, 0.25) is 0 Å². The summed E-state index contributed by atoms with van der Waals surface area (Å²) in [7, 11) is 1.55. The Morgan fingerprint density at radius 3 is 2.46 bits per heavy atom. The molecule has 2 heterocycles. The highest BCUT2D eigenvalue weighted by molar-refractivity contribution is 8.00. The van der Waals surface area contributed by atoms with Crippen molar-refractivity contribution in [3.8, 4) is 5.75 Å². The average molecular weight is 562 g/mol. The number of carbonyl (C=O) groups is 2. The lowest BCUT2D eigenvalue weighted by atomic mass is 9.93. The van der Waals surface area contributed by atoms with Gasteiger partial charge >= 0.3 is 5.91 Å². The molecule has 1 N–H and O–H groups in total. The first-order chi connectivity index (χ1) is 18.8. The summed E-state index contributed by atoms with van der Waals surface area (Å²) in [5.74, 6) is -1.01. The highest BCUT2D eigenvalue weighted by Gasteiger charge is 2.48. The molecule has 1 aromatic heterocycles. The third-order valence-electron chi connectivity index (χ3n) is 6.40. The van der Waals surface area contributed by atoms with Crippen molar-refractivity contribution in [2.24, 2.45) is 0 Å². The van der Waals surface area contributed by atoms with Gasteiger partial charge < -0.3 is 9.84 Å². The molecule has 1 amide bonds. The summed E-state index contributed by atoms with van der Waals surface area (Å²) in [5.41, 5.74) is 3.66. The number of ketones is 1. The molecule has 0 spiro atoms. The Bertz CT molecular complexity index is 1580. The average Bonchev–Trinajstić information content (AvgIpc) is 3.51. The molecule has 0 bridgehead atoms. The van der Waals surface area contributed by atoms with Crippen LogP contribution in [0.3, 0.4) is 0 Å². The Hall–Kier alpha value is -4.02. The van der Waals surface area contributed by atoms with Gasteiger partial charge in [0.2, 0.25) is 5.13 Å². The van der Waals surface area contributed by atoms with Gasteiger partial charge in [0.1, 0.15) is 17.3 Å². The largest absolute Gasteiger partial charge is 0.507 e. The van der Waals surface area contributed by atoms with Crippen LogP contribution >= 0.6 is 23.1 Å². The fraction of sp³-hybridized carbons (Fsp3) is 0.172. The SMILES string of the molecule is COc1ccc(C2/C(=C(\O)c3cc(C)ccc3C)C(=O)C(=O)N2c2nnc(SCc3ccc(F)cc3)s2)cc1. The number of thioether (sulfide) groups is 1. The van der Waals surface area contributed by atoms with E-state index in [0.29, 0.717) is 27.0 Å². The summed E-state index contributed by atoms with van der Waals surface area (Å²) < 4.78 is 19.1. The second-order valence-corrected chi connectivity index (χ2v) is 11.2. The second-order valence-electron chi connectivity index (χ2n) is 9.03.